The van der Waals surface area contributed by atoms with Gasteiger partial charge in [-0.3, -0.25) is 0 Å². The van der Waals surface area contributed by atoms with Gasteiger partial charge in [-0.1, -0.05) is 30.9 Å². The predicted octanol–water partition coefficient (Wildman–Crippen LogP) is 3.53. The highest BCUT2D eigenvalue weighted by Gasteiger charge is 2.19. The summed E-state index contributed by atoms with van der Waals surface area (Å²) in [6.07, 6.45) is 3.24. The van der Waals surface area contributed by atoms with Gasteiger partial charge in [0.15, 0.2) is 0 Å². The Labute approximate surface area is 129 Å². The van der Waals surface area contributed by atoms with Gasteiger partial charge in [-0.2, -0.15) is 0 Å². The normalized spacial score (nSPS) is 11.5. The highest BCUT2D eigenvalue weighted by Crippen LogP contribution is 2.29. The Morgan fingerprint density at radius 3 is 2.50 bits per heavy atom. The lowest BCUT2D eigenvalue weighted by atomic mass is 10.1. The van der Waals surface area contributed by atoms with Crippen LogP contribution >= 0.6 is 0 Å². The summed E-state index contributed by atoms with van der Waals surface area (Å²) in [5, 5.41) is 0.815. The van der Waals surface area contributed by atoms with Gasteiger partial charge >= 0.3 is 0 Å². The van der Waals surface area contributed by atoms with Gasteiger partial charge in [0, 0.05) is 17.6 Å². The zero-order valence-corrected chi connectivity index (χ0v) is 12.9. The van der Waals surface area contributed by atoms with E-state index < -0.39 is 10.0 Å². The molecule has 22 heavy (non-hydrogen) atoms. The Kier molecular flexibility index (Phi) is 3.50. The van der Waals surface area contributed by atoms with Crippen LogP contribution in [0.4, 0.5) is 0 Å². The molecule has 4 nitrogen and oxygen atoms in total. The quantitative estimate of drug-likeness (QED) is 0.740. The Hall–Kier alpha value is -2.53. The number of benzene rings is 2. The molecule has 1 aromatic heterocycles. The molecule has 0 spiro atoms. The molecule has 0 fully saturated rings. The predicted molar refractivity (Wildman–Crippen MR) is 87.6 cm³/mol. The van der Waals surface area contributed by atoms with Crippen molar-refractivity contribution in [3.8, 4) is 5.75 Å². The molecule has 0 bridgehead atoms. The maximum Gasteiger partial charge on any atom is 0.268 e. The molecule has 2 aromatic carbocycles. The van der Waals surface area contributed by atoms with E-state index in [9.17, 15) is 8.42 Å². The molecular formula is C17H15NO3S. The van der Waals surface area contributed by atoms with Crippen molar-refractivity contribution in [3.05, 3.63) is 66.9 Å². The minimum absolute atomic E-state index is 0.246. The average molecular weight is 313 g/mol. The molecule has 0 radical (unpaired) electrons. The summed E-state index contributed by atoms with van der Waals surface area (Å²) in [5.74, 6) is 0.589. The molecule has 0 N–H and O–H groups in total. The Morgan fingerprint density at radius 1 is 1.14 bits per heavy atom. The third-order valence-electron chi connectivity index (χ3n) is 3.53. The van der Waals surface area contributed by atoms with Gasteiger partial charge in [0.1, 0.15) is 5.75 Å². The first-order valence-electron chi connectivity index (χ1n) is 6.70. The molecule has 0 aliphatic rings. The van der Waals surface area contributed by atoms with Crippen LogP contribution in [0.3, 0.4) is 0 Å². The second kappa shape index (κ2) is 5.35. The molecule has 0 amide bonds. The van der Waals surface area contributed by atoms with E-state index in [1.807, 2.05) is 6.07 Å². The fourth-order valence-electron chi connectivity index (χ4n) is 2.42. The van der Waals surface area contributed by atoms with Crippen molar-refractivity contribution in [1.29, 1.82) is 0 Å². The molecule has 1 heterocycles. The van der Waals surface area contributed by atoms with E-state index in [4.69, 9.17) is 4.74 Å². The van der Waals surface area contributed by atoms with E-state index in [-0.39, 0.29) is 4.90 Å². The number of aromatic nitrogens is 1. The van der Waals surface area contributed by atoms with Crippen LogP contribution in [0.2, 0.25) is 0 Å². The molecule has 0 unspecified atom stereocenters. The number of fused-ring (bicyclic) bond motifs is 1. The van der Waals surface area contributed by atoms with Crippen molar-refractivity contribution in [2.45, 2.75) is 4.90 Å². The molecule has 0 atom stereocenters. The van der Waals surface area contributed by atoms with Crippen LogP contribution in [0.1, 0.15) is 5.56 Å². The average Bonchev–Trinajstić information content (AvgIpc) is 2.99. The number of ether oxygens (including phenoxy) is 1. The topological polar surface area (TPSA) is 48.3 Å². The monoisotopic (exact) mass is 313 g/mol. The third-order valence-corrected chi connectivity index (χ3v) is 5.24. The van der Waals surface area contributed by atoms with E-state index >= 15 is 0 Å². The molecule has 0 saturated carbocycles. The summed E-state index contributed by atoms with van der Waals surface area (Å²) in [6, 6.07) is 13.7. The van der Waals surface area contributed by atoms with Crippen LogP contribution in [0.25, 0.3) is 17.0 Å². The molecule has 5 heteroatoms. The van der Waals surface area contributed by atoms with Crippen molar-refractivity contribution >= 4 is 27.0 Å². The first kappa shape index (κ1) is 14.4. The van der Waals surface area contributed by atoms with E-state index in [1.165, 1.54) is 3.97 Å². The number of hydrogen-bond donors (Lipinski definition) is 0. The fraction of sp³-hybridized carbons (Fsp3) is 0.0588. The zero-order valence-electron chi connectivity index (χ0n) is 12.1. The van der Waals surface area contributed by atoms with Gasteiger partial charge in [-0.05, 0) is 29.8 Å². The second-order valence-corrected chi connectivity index (χ2v) is 6.60. The molecule has 0 aliphatic heterocycles. The highest BCUT2D eigenvalue weighted by atomic mass is 32.2. The summed E-state index contributed by atoms with van der Waals surface area (Å²) in [6.45, 7) is 3.77. The minimum Gasteiger partial charge on any atom is -0.497 e. The van der Waals surface area contributed by atoms with Gasteiger partial charge in [-0.15, -0.1) is 0 Å². The van der Waals surface area contributed by atoms with E-state index in [0.29, 0.717) is 11.3 Å². The summed E-state index contributed by atoms with van der Waals surface area (Å²) < 4.78 is 32.1. The SMILES string of the molecule is C=Cc1cc(OC)cc2c1ccn2S(=O)(=O)c1ccccc1. The van der Waals surface area contributed by atoms with Crippen molar-refractivity contribution in [2.24, 2.45) is 0 Å². The van der Waals surface area contributed by atoms with Crippen LogP contribution in [0, 0.1) is 0 Å². The summed E-state index contributed by atoms with van der Waals surface area (Å²) >= 11 is 0. The number of hydrogen-bond acceptors (Lipinski definition) is 3. The summed E-state index contributed by atoms with van der Waals surface area (Å²) in [5.41, 5.74) is 1.40. The van der Waals surface area contributed by atoms with Crippen LogP contribution in [-0.2, 0) is 10.0 Å². The van der Waals surface area contributed by atoms with Gasteiger partial charge in [0.2, 0.25) is 0 Å². The lowest BCUT2D eigenvalue weighted by molar-refractivity contribution is 0.415. The molecular weight excluding hydrogens is 298 g/mol. The van der Waals surface area contributed by atoms with E-state index in [0.717, 1.165) is 10.9 Å². The Morgan fingerprint density at radius 2 is 1.86 bits per heavy atom. The Bertz CT molecular complexity index is 941. The lowest BCUT2D eigenvalue weighted by Gasteiger charge is -2.09. The van der Waals surface area contributed by atoms with Crippen molar-refractivity contribution < 1.29 is 13.2 Å². The molecule has 0 saturated heterocycles. The number of nitrogens with zero attached hydrogens (tertiary/aromatic N) is 1. The fourth-order valence-corrected chi connectivity index (χ4v) is 3.78. The maximum atomic E-state index is 12.8. The van der Waals surface area contributed by atoms with Crippen LogP contribution < -0.4 is 4.74 Å². The maximum absolute atomic E-state index is 12.8. The van der Waals surface area contributed by atoms with Crippen molar-refractivity contribution in [2.75, 3.05) is 7.11 Å². The molecule has 0 aliphatic carbocycles. The molecule has 3 aromatic rings. The summed E-state index contributed by atoms with van der Waals surface area (Å²) in [7, 11) is -2.10. The van der Waals surface area contributed by atoms with Crippen molar-refractivity contribution in [1.82, 2.24) is 3.97 Å². The van der Waals surface area contributed by atoms with Crippen LogP contribution in [0.15, 0.2) is 66.2 Å². The first-order chi connectivity index (χ1) is 10.6. The second-order valence-electron chi connectivity index (χ2n) is 4.78. The van der Waals surface area contributed by atoms with Gasteiger partial charge < -0.3 is 4.74 Å². The molecule has 112 valence electrons. The van der Waals surface area contributed by atoms with Crippen LogP contribution in [-0.4, -0.2) is 19.5 Å². The standard InChI is InChI=1S/C17H15NO3S/c1-3-13-11-14(21-2)12-17-16(13)9-10-18(17)22(19,20)15-7-5-4-6-8-15/h3-12H,1H2,2H3. The number of methoxy groups -OCH3 is 1. The minimum atomic E-state index is -3.65. The van der Waals surface area contributed by atoms with Gasteiger partial charge in [0.05, 0.1) is 17.5 Å². The number of rotatable bonds is 4. The lowest BCUT2D eigenvalue weighted by Crippen LogP contribution is -2.11. The van der Waals surface area contributed by atoms with Crippen molar-refractivity contribution in [3.63, 3.8) is 0 Å². The van der Waals surface area contributed by atoms with Crippen LogP contribution in [0.5, 0.6) is 5.75 Å². The van der Waals surface area contributed by atoms with Gasteiger partial charge in [-0.25, -0.2) is 12.4 Å². The first-order valence-corrected chi connectivity index (χ1v) is 8.14. The smallest absolute Gasteiger partial charge is 0.268 e. The largest absolute Gasteiger partial charge is 0.497 e. The summed E-state index contributed by atoms with van der Waals surface area (Å²) in [4.78, 5) is 0.246. The van der Waals surface area contributed by atoms with Gasteiger partial charge in [0.25, 0.3) is 10.0 Å². The van der Waals surface area contributed by atoms with E-state index in [1.54, 1.807) is 61.8 Å². The third kappa shape index (κ3) is 2.19. The highest BCUT2D eigenvalue weighted by molar-refractivity contribution is 7.90. The van der Waals surface area contributed by atoms with E-state index in [2.05, 4.69) is 6.58 Å². The zero-order chi connectivity index (χ0) is 15.7. The Balaban J connectivity index is 2.31. The molecule has 3 rings (SSSR count).